The van der Waals surface area contributed by atoms with Crippen molar-refractivity contribution in [1.29, 1.82) is 0 Å². The largest absolute Gasteiger partial charge is 0.481 e. The van der Waals surface area contributed by atoms with Crippen molar-refractivity contribution in [2.45, 2.75) is 77.3 Å². The average molecular weight is 296 g/mol. The fourth-order valence-electron chi connectivity index (χ4n) is 3.78. The van der Waals surface area contributed by atoms with Crippen molar-refractivity contribution in [2.75, 3.05) is 0 Å². The predicted octanol–water partition coefficient (Wildman–Crippen LogP) is 2.90. The molecule has 0 saturated heterocycles. The summed E-state index contributed by atoms with van der Waals surface area (Å²) >= 11 is 0. The first-order valence-electron chi connectivity index (χ1n) is 8.15. The molecule has 5 heteroatoms. The molecule has 0 radical (unpaired) electrons. The van der Waals surface area contributed by atoms with E-state index in [1.165, 1.54) is 6.42 Å². The van der Waals surface area contributed by atoms with Crippen LogP contribution in [-0.2, 0) is 4.79 Å². The Bertz CT molecular complexity index is 395. The van der Waals surface area contributed by atoms with Crippen LogP contribution in [0.15, 0.2) is 0 Å². The van der Waals surface area contributed by atoms with Gasteiger partial charge in [0.25, 0.3) is 0 Å². The Balaban J connectivity index is 1.77. The predicted molar refractivity (Wildman–Crippen MR) is 81.1 cm³/mol. The molecule has 2 rings (SSSR count). The van der Waals surface area contributed by atoms with Gasteiger partial charge in [0.15, 0.2) is 0 Å². The van der Waals surface area contributed by atoms with Gasteiger partial charge in [0.1, 0.15) is 0 Å². The van der Waals surface area contributed by atoms with Gasteiger partial charge in [-0.25, -0.2) is 4.79 Å². The van der Waals surface area contributed by atoms with Crippen molar-refractivity contribution in [3.8, 4) is 0 Å². The molecule has 0 aromatic rings. The van der Waals surface area contributed by atoms with Crippen LogP contribution < -0.4 is 10.6 Å². The molecule has 2 aliphatic carbocycles. The first-order chi connectivity index (χ1) is 9.85. The van der Waals surface area contributed by atoms with Crippen LogP contribution in [0, 0.1) is 11.3 Å². The van der Waals surface area contributed by atoms with Gasteiger partial charge in [-0.15, -0.1) is 0 Å². The van der Waals surface area contributed by atoms with Gasteiger partial charge in [0.05, 0.1) is 5.92 Å². The molecule has 2 saturated carbocycles. The number of carbonyl (C=O) groups is 2. The number of amides is 2. The number of carboxylic acids is 1. The molecule has 21 heavy (non-hydrogen) atoms. The molecular weight excluding hydrogens is 268 g/mol. The Hall–Kier alpha value is -1.26. The summed E-state index contributed by atoms with van der Waals surface area (Å²) in [6.07, 6.45) is 7.47. The lowest BCUT2D eigenvalue weighted by molar-refractivity contribution is -0.143. The maximum atomic E-state index is 12.1. The highest BCUT2D eigenvalue weighted by atomic mass is 16.4. The van der Waals surface area contributed by atoms with Crippen LogP contribution in [0.5, 0.6) is 0 Å². The van der Waals surface area contributed by atoms with Gasteiger partial charge in [-0.1, -0.05) is 26.7 Å². The Labute approximate surface area is 126 Å². The van der Waals surface area contributed by atoms with Crippen molar-refractivity contribution in [3.05, 3.63) is 0 Å². The van der Waals surface area contributed by atoms with Gasteiger partial charge in [-0.3, -0.25) is 4.79 Å². The van der Waals surface area contributed by atoms with Crippen LogP contribution in [0.1, 0.15) is 65.2 Å². The standard InChI is InChI=1S/C16H28N2O3/c1-16(2)8-4-7-13(10-16)18-15(21)17-12-6-3-5-11(9-12)14(19)20/h11-13H,3-10H2,1-2H3,(H,19,20)(H2,17,18,21). The minimum atomic E-state index is -0.740. The zero-order chi connectivity index (χ0) is 15.5. The van der Waals surface area contributed by atoms with Gasteiger partial charge in [0, 0.05) is 12.1 Å². The van der Waals surface area contributed by atoms with Gasteiger partial charge in [-0.05, 0) is 43.9 Å². The molecule has 3 N–H and O–H groups in total. The van der Waals surface area contributed by atoms with E-state index < -0.39 is 5.97 Å². The molecule has 0 aromatic carbocycles. The Morgan fingerprint density at radius 3 is 2.38 bits per heavy atom. The van der Waals surface area contributed by atoms with E-state index in [0.717, 1.165) is 38.5 Å². The van der Waals surface area contributed by atoms with E-state index in [1.54, 1.807) is 0 Å². The third kappa shape index (κ3) is 4.90. The van der Waals surface area contributed by atoms with Gasteiger partial charge < -0.3 is 15.7 Å². The second kappa shape index (κ2) is 6.67. The molecular formula is C16H28N2O3. The van der Waals surface area contributed by atoms with Crippen LogP contribution in [0.2, 0.25) is 0 Å². The number of urea groups is 1. The number of aliphatic carboxylic acids is 1. The molecule has 3 atom stereocenters. The maximum Gasteiger partial charge on any atom is 0.315 e. The van der Waals surface area contributed by atoms with Crippen molar-refractivity contribution >= 4 is 12.0 Å². The minimum absolute atomic E-state index is 0.00329. The Morgan fingerprint density at radius 1 is 1.05 bits per heavy atom. The summed E-state index contributed by atoms with van der Waals surface area (Å²) in [6, 6.07) is 0.109. The summed E-state index contributed by atoms with van der Waals surface area (Å²) in [6.45, 7) is 4.49. The van der Waals surface area contributed by atoms with Crippen LogP contribution >= 0.6 is 0 Å². The second-order valence-corrected chi connectivity index (χ2v) is 7.47. The topological polar surface area (TPSA) is 78.4 Å². The van der Waals surface area contributed by atoms with E-state index in [0.29, 0.717) is 11.8 Å². The normalized spacial score (nSPS) is 32.2. The van der Waals surface area contributed by atoms with Crippen molar-refractivity contribution < 1.29 is 14.7 Å². The highest BCUT2D eigenvalue weighted by Gasteiger charge is 2.30. The highest BCUT2D eigenvalue weighted by molar-refractivity contribution is 5.75. The van der Waals surface area contributed by atoms with Crippen LogP contribution in [0.3, 0.4) is 0 Å². The van der Waals surface area contributed by atoms with Crippen LogP contribution in [0.25, 0.3) is 0 Å². The fourth-order valence-corrected chi connectivity index (χ4v) is 3.78. The number of nitrogens with one attached hydrogen (secondary N) is 2. The van der Waals surface area contributed by atoms with E-state index in [-0.39, 0.29) is 24.0 Å². The van der Waals surface area contributed by atoms with Crippen molar-refractivity contribution in [3.63, 3.8) is 0 Å². The van der Waals surface area contributed by atoms with Crippen molar-refractivity contribution in [2.24, 2.45) is 11.3 Å². The lowest BCUT2D eigenvalue weighted by Gasteiger charge is -2.36. The third-order valence-electron chi connectivity index (χ3n) is 4.90. The summed E-state index contributed by atoms with van der Waals surface area (Å²) in [5.74, 6) is -1.05. The summed E-state index contributed by atoms with van der Waals surface area (Å²) in [4.78, 5) is 23.1. The number of hydrogen-bond acceptors (Lipinski definition) is 2. The molecule has 2 amide bonds. The molecule has 5 nitrogen and oxygen atoms in total. The minimum Gasteiger partial charge on any atom is -0.481 e. The fraction of sp³-hybridized carbons (Fsp3) is 0.875. The van der Waals surface area contributed by atoms with E-state index in [1.807, 2.05) is 0 Å². The van der Waals surface area contributed by atoms with E-state index in [2.05, 4.69) is 24.5 Å². The van der Waals surface area contributed by atoms with Gasteiger partial charge in [-0.2, -0.15) is 0 Å². The molecule has 120 valence electrons. The van der Waals surface area contributed by atoms with Crippen LogP contribution in [0.4, 0.5) is 4.79 Å². The highest BCUT2D eigenvalue weighted by Crippen LogP contribution is 2.35. The van der Waals surface area contributed by atoms with Crippen LogP contribution in [-0.4, -0.2) is 29.2 Å². The zero-order valence-electron chi connectivity index (χ0n) is 13.2. The third-order valence-corrected chi connectivity index (χ3v) is 4.90. The number of carboxylic acid groups (broad SMARTS) is 1. The summed E-state index contributed by atoms with van der Waals surface area (Å²) < 4.78 is 0. The molecule has 2 fully saturated rings. The summed E-state index contributed by atoms with van der Waals surface area (Å²) in [5, 5.41) is 15.1. The quantitative estimate of drug-likeness (QED) is 0.749. The SMILES string of the molecule is CC1(C)CCCC(NC(=O)NC2CCCC(C(=O)O)C2)C1. The molecule has 0 heterocycles. The first-order valence-corrected chi connectivity index (χ1v) is 8.15. The number of carbonyl (C=O) groups excluding carboxylic acids is 1. The molecule has 2 aliphatic rings. The van der Waals surface area contributed by atoms with Gasteiger partial charge in [0.2, 0.25) is 0 Å². The van der Waals surface area contributed by atoms with E-state index in [9.17, 15) is 9.59 Å². The molecule has 3 unspecified atom stereocenters. The molecule has 0 spiro atoms. The van der Waals surface area contributed by atoms with E-state index >= 15 is 0 Å². The first kappa shape index (κ1) is 16.1. The smallest absolute Gasteiger partial charge is 0.315 e. The second-order valence-electron chi connectivity index (χ2n) is 7.47. The molecule has 0 aliphatic heterocycles. The Morgan fingerprint density at radius 2 is 1.71 bits per heavy atom. The monoisotopic (exact) mass is 296 g/mol. The lowest BCUT2D eigenvalue weighted by atomic mass is 9.75. The maximum absolute atomic E-state index is 12.1. The lowest BCUT2D eigenvalue weighted by Crippen LogP contribution is -2.49. The average Bonchev–Trinajstić information content (AvgIpc) is 2.37. The molecule has 0 aromatic heterocycles. The van der Waals surface area contributed by atoms with E-state index in [4.69, 9.17) is 5.11 Å². The Kier molecular flexibility index (Phi) is 5.12. The molecule has 0 bridgehead atoms. The van der Waals surface area contributed by atoms with Crippen molar-refractivity contribution in [1.82, 2.24) is 10.6 Å². The summed E-state index contributed by atoms with van der Waals surface area (Å²) in [7, 11) is 0. The zero-order valence-corrected chi connectivity index (χ0v) is 13.2. The summed E-state index contributed by atoms with van der Waals surface area (Å²) in [5.41, 5.74) is 0.301. The number of rotatable bonds is 3. The number of hydrogen-bond donors (Lipinski definition) is 3. The van der Waals surface area contributed by atoms with Gasteiger partial charge >= 0.3 is 12.0 Å².